The Hall–Kier alpha value is -1.53. The van der Waals surface area contributed by atoms with Gasteiger partial charge in [-0.2, -0.15) is 18.3 Å². The van der Waals surface area contributed by atoms with E-state index in [2.05, 4.69) is 5.10 Å². The molecule has 2 aromatic rings. The number of alkyl halides is 3. The van der Waals surface area contributed by atoms with Crippen molar-refractivity contribution in [2.75, 3.05) is 0 Å². The van der Waals surface area contributed by atoms with Crippen molar-refractivity contribution in [3.05, 3.63) is 62.0 Å². The normalized spacial score (nSPS) is 11.7. The number of hydrogen-bond acceptors (Lipinski definition) is 2. The van der Waals surface area contributed by atoms with E-state index in [4.69, 9.17) is 23.2 Å². The number of hydrogen-bond donors (Lipinski definition) is 0. The second-order valence-corrected chi connectivity index (χ2v) is 4.75. The number of benzene rings is 1. The quantitative estimate of drug-likeness (QED) is 0.846. The van der Waals surface area contributed by atoms with Gasteiger partial charge in [-0.05, 0) is 17.7 Å². The first-order valence-electron chi connectivity index (χ1n) is 5.36. The lowest BCUT2D eigenvalue weighted by Crippen LogP contribution is -2.23. The summed E-state index contributed by atoms with van der Waals surface area (Å²) in [6.45, 7) is 0.00780. The zero-order chi connectivity index (χ0) is 14.9. The van der Waals surface area contributed by atoms with Crippen LogP contribution in [-0.2, 0) is 12.7 Å². The van der Waals surface area contributed by atoms with Crippen molar-refractivity contribution in [2.45, 2.75) is 12.7 Å². The van der Waals surface area contributed by atoms with Crippen LogP contribution >= 0.6 is 23.2 Å². The second-order valence-electron chi connectivity index (χ2n) is 3.96. The van der Waals surface area contributed by atoms with Crippen LogP contribution in [0.1, 0.15) is 11.1 Å². The number of halogens is 5. The molecule has 106 valence electrons. The van der Waals surface area contributed by atoms with Gasteiger partial charge in [-0.3, -0.25) is 4.79 Å². The van der Waals surface area contributed by atoms with Gasteiger partial charge in [-0.25, -0.2) is 4.68 Å². The summed E-state index contributed by atoms with van der Waals surface area (Å²) < 4.78 is 38.2. The molecule has 0 bridgehead atoms. The van der Waals surface area contributed by atoms with Crippen molar-refractivity contribution in [3.8, 4) is 0 Å². The van der Waals surface area contributed by atoms with Gasteiger partial charge in [0.15, 0.2) is 0 Å². The molecule has 1 aromatic carbocycles. The first-order valence-corrected chi connectivity index (χ1v) is 6.12. The van der Waals surface area contributed by atoms with E-state index in [1.54, 1.807) is 0 Å². The third kappa shape index (κ3) is 3.13. The van der Waals surface area contributed by atoms with Gasteiger partial charge in [-0.1, -0.05) is 35.3 Å². The van der Waals surface area contributed by atoms with Crippen molar-refractivity contribution in [3.63, 3.8) is 0 Å². The number of aromatic nitrogens is 2. The van der Waals surface area contributed by atoms with Crippen LogP contribution in [0.5, 0.6) is 0 Å². The minimum Gasteiger partial charge on any atom is -0.266 e. The molecule has 0 amide bonds. The fourth-order valence-corrected chi connectivity index (χ4v) is 1.80. The van der Waals surface area contributed by atoms with Crippen molar-refractivity contribution >= 4 is 23.2 Å². The van der Waals surface area contributed by atoms with Crippen LogP contribution in [0, 0.1) is 0 Å². The minimum atomic E-state index is -4.39. The summed E-state index contributed by atoms with van der Waals surface area (Å²) >= 11 is 11.3. The maximum Gasteiger partial charge on any atom is 0.416 e. The van der Waals surface area contributed by atoms with Crippen LogP contribution in [0.25, 0.3) is 0 Å². The summed E-state index contributed by atoms with van der Waals surface area (Å²) in [6.07, 6.45) is -3.19. The van der Waals surface area contributed by atoms with Gasteiger partial charge in [0, 0.05) is 0 Å². The minimum absolute atomic E-state index is 0.00780. The molecule has 3 nitrogen and oxygen atoms in total. The number of nitrogens with zero attached hydrogens (tertiary/aromatic N) is 2. The van der Waals surface area contributed by atoms with Crippen LogP contribution in [0.4, 0.5) is 13.2 Å². The van der Waals surface area contributed by atoms with Crippen molar-refractivity contribution < 1.29 is 13.2 Å². The SMILES string of the molecule is O=c1c(Cl)c(Cl)cnn1Cc1ccc(C(F)(F)F)cc1. The molecule has 0 fully saturated rings. The molecule has 0 unspecified atom stereocenters. The smallest absolute Gasteiger partial charge is 0.266 e. The van der Waals surface area contributed by atoms with Crippen LogP contribution in [-0.4, -0.2) is 9.78 Å². The van der Waals surface area contributed by atoms with Gasteiger partial charge in [0.25, 0.3) is 5.56 Å². The summed E-state index contributed by atoms with van der Waals surface area (Å²) in [5.41, 5.74) is -0.860. The molecule has 20 heavy (non-hydrogen) atoms. The second kappa shape index (κ2) is 5.46. The van der Waals surface area contributed by atoms with E-state index < -0.39 is 17.3 Å². The highest BCUT2D eigenvalue weighted by molar-refractivity contribution is 6.41. The Morgan fingerprint density at radius 2 is 1.75 bits per heavy atom. The first kappa shape index (κ1) is 14.9. The van der Waals surface area contributed by atoms with Gasteiger partial charge in [0.1, 0.15) is 5.02 Å². The fraction of sp³-hybridized carbons (Fsp3) is 0.167. The van der Waals surface area contributed by atoms with E-state index >= 15 is 0 Å². The summed E-state index contributed by atoms with van der Waals surface area (Å²) in [5.74, 6) is 0. The van der Waals surface area contributed by atoms with Crippen LogP contribution in [0.15, 0.2) is 35.3 Å². The fourth-order valence-electron chi connectivity index (χ4n) is 1.53. The van der Waals surface area contributed by atoms with Crippen molar-refractivity contribution in [2.24, 2.45) is 0 Å². The predicted octanol–water partition coefficient (Wildman–Crippen LogP) is 3.62. The molecule has 0 N–H and O–H groups in total. The Morgan fingerprint density at radius 3 is 2.30 bits per heavy atom. The van der Waals surface area contributed by atoms with E-state index in [0.717, 1.165) is 16.8 Å². The third-order valence-electron chi connectivity index (χ3n) is 2.56. The van der Waals surface area contributed by atoms with Crippen LogP contribution < -0.4 is 5.56 Å². The summed E-state index contributed by atoms with van der Waals surface area (Å²) in [5, 5.41) is 3.63. The zero-order valence-electron chi connectivity index (χ0n) is 9.79. The molecular weight excluding hydrogens is 316 g/mol. The molecule has 0 saturated heterocycles. The van der Waals surface area contributed by atoms with Crippen LogP contribution in [0.2, 0.25) is 10.0 Å². The van der Waals surface area contributed by atoms with Gasteiger partial charge in [-0.15, -0.1) is 0 Å². The Bertz CT molecular complexity index is 681. The zero-order valence-corrected chi connectivity index (χ0v) is 11.3. The van der Waals surface area contributed by atoms with Gasteiger partial charge in [0.2, 0.25) is 0 Å². The largest absolute Gasteiger partial charge is 0.416 e. The first-order chi connectivity index (χ1) is 9.29. The average molecular weight is 323 g/mol. The highest BCUT2D eigenvalue weighted by atomic mass is 35.5. The summed E-state index contributed by atoms with van der Waals surface area (Å²) in [7, 11) is 0. The molecular formula is C12H7Cl2F3N2O. The van der Waals surface area contributed by atoms with E-state index in [1.807, 2.05) is 0 Å². The van der Waals surface area contributed by atoms with Gasteiger partial charge < -0.3 is 0 Å². The Labute approximate surface area is 121 Å². The molecule has 0 spiro atoms. The highest BCUT2D eigenvalue weighted by Crippen LogP contribution is 2.29. The molecule has 0 aliphatic heterocycles. The molecule has 0 radical (unpaired) electrons. The molecule has 2 rings (SSSR count). The highest BCUT2D eigenvalue weighted by Gasteiger charge is 2.29. The summed E-state index contributed by atoms with van der Waals surface area (Å²) in [4.78, 5) is 11.7. The molecule has 0 saturated carbocycles. The molecule has 0 atom stereocenters. The lowest BCUT2D eigenvalue weighted by Gasteiger charge is -2.08. The van der Waals surface area contributed by atoms with E-state index in [0.29, 0.717) is 5.56 Å². The van der Waals surface area contributed by atoms with Crippen molar-refractivity contribution in [1.82, 2.24) is 9.78 Å². The Morgan fingerprint density at radius 1 is 1.15 bits per heavy atom. The summed E-state index contributed by atoms with van der Waals surface area (Å²) in [6, 6.07) is 4.44. The Kier molecular flexibility index (Phi) is 4.06. The monoisotopic (exact) mass is 322 g/mol. The average Bonchev–Trinajstić information content (AvgIpc) is 2.39. The standard InChI is InChI=1S/C12H7Cl2F3N2O/c13-9-5-18-19(11(20)10(9)14)6-7-1-3-8(4-2-7)12(15,16)17/h1-5H,6H2. The number of rotatable bonds is 2. The maximum atomic E-state index is 12.4. The molecule has 1 heterocycles. The van der Waals surface area contributed by atoms with E-state index in [1.165, 1.54) is 18.3 Å². The molecule has 1 aromatic heterocycles. The lowest BCUT2D eigenvalue weighted by molar-refractivity contribution is -0.137. The molecule has 0 aliphatic rings. The van der Waals surface area contributed by atoms with E-state index in [-0.39, 0.29) is 16.6 Å². The van der Waals surface area contributed by atoms with Gasteiger partial charge >= 0.3 is 6.18 Å². The molecule has 0 aliphatic carbocycles. The predicted molar refractivity (Wildman–Crippen MR) is 69.1 cm³/mol. The topological polar surface area (TPSA) is 34.9 Å². The third-order valence-corrected chi connectivity index (χ3v) is 3.30. The lowest BCUT2D eigenvalue weighted by atomic mass is 10.1. The molecule has 8 heteroatoms. The van der Waals surface area contributed by atoms with Crippen LogP contribution in [0.3, 0.4) is 0 Å². The maximum absolute atomic E-state index is 12.4. The Balaban J connectivity index is 2.28. The van der Waals surface area contributed by atoms with Gasteiger partial charge in [0.05, 0.1) is 23.3 Å². The van der Waals surface area contributed by atoms with E-state index in [9.17, 15) is 18.0 Å². The van der Waals surface area contributed by atoms with Crippen molar-refractivity contribution in [1.29, 1.82) is 0 Å².